The predicted molar refractivity (Wildman–Crippen MR) is 87.7 cm³/mol. The molecule has 21 heavy (non-hydrogen) atoms. The molecule has 4 heteroatoms. The number of nitrogens with two attached hydrogens (primary N) is 1. The van der Waals surface area contributed by atoms with Crippen LogP contribution in [0.15, 0.2) is 24.3 Å². The predicted octanol–water partition coefficient (Wildman–Crippen LogP) is 2.11. The Morgan fingerprint density at radius 3 is 2.43 bits per heavy atom. The maximum Gasteiger partial charge on any atom is 0.123 e. The number of rotatable bonds is 7. The zero-order valence-electron chi connectivity index (χ0n) is 13.8. The van der Waals surface area contributed by atoms with Gasteiger partial charge in [-0.15, -0.1) is 0 Å². The third kappa shape index (κ3) is 3.57. The van der Waals surface area contributed by atoms with Gasteiger partial charge >= 0.3 is 0 Å². The van der Waals surface area contributed by atoms with E-state index >= 15 is 0 Å². The summed E-state index contributed by atoms with van der Waals surface area (Å²) in [5.41, 5.74) is 7.82. The van der Waals surface area contributed by atoms with Crippen LogP contribution < -0.4 is 10.5 Å². The maximum absolute atomic E-state index is 6.39. The van der Waals surface area contributed by atoms with Crippen molar-refractivity contribution >= 4 is 0 Å². The summed E-state index contributed by atoms with van der Waals surface area (Å²) in [7, 11) is 8.24. The lowest BCUT2D eigenvalue weighted by atomic mass is 9.75. The molecule has 1 aromatic rings. The summed E-state index contributed by atoms with van der Waals surface area (Å²) in [5, 5.41) is 0. The minimum Gasteiger partial charge on any atom is -0.496 e. The van der Waals surface area contributed by atoms with Crippen LogP contribution in [0, 0.1) is 0 Å². The van der Waals surface area contributed by atoms with Crippen molar-refractivity contribution < 1.29 is 4.74 Å². The Hall–Kier alpha value is -1.10. The molecule has 2 rings (SSSR count). The van der Waals surface area contributed by atoms with Gasteiger partial charge in [0, 0.05) is 30.2 Å². The van der Waals surface area contributed by atoms with Gasteiger partial charge < -0.3 is 20.3 Å². The van der Waals surface area contributed by atoms with Crippen LogP contribution in [0.2, 0.25) is 0 Å². The van der Waals surface area contributed by atoms with E-state index in [-0.39, 0.29) is 6.04 Å². The van der Waals surface area contributed by atoms with E-state index in [1.54, 1.807) is 7.11 Å². The summed E-state index contributed by atoms with van der Waals surface area (Å²) >= 11 is 0. The van der Waals surface area contributed by atoms with Gasteiger partial charge in [-0.2, -0.15) is 0 Å². The lowest BCUT2D eigenvalue weighted by Gasteiger charge is -2.49. The van der Waals surface area contributed by atoms with Crippen LogP contribution in [0.5, 0.6) is 5.75 Å². The maximum atomic E-state index is 6.39. The fourth-order valence-corrected chi connectivity index (χ4v) is 3.31. The molecule has 1 fully saturated rings. The molecule has 1 aromatic carbocycles. The van der Waals surface area contributed by atoms with Crippen molar-refractivity contribution in [2.45, 2.75) is 30.8 Å². The molecular weight excluding hydrogens is 262 g/mol. The third-order valence-electron chi connectivity index (χ3n) is 4.84. The highest BCUT2D eigenvalue weighted by Gasteiger charge is 2.39. The molecule has 1 aliphatic carbocycles. The Kier molecular flexibility index (Phi) is 5.25. The normalized spacial score (nSPS) is 18.6. The highest BCUT2D eigenvalue weighted by atomic mass is 16.5. The number of methoxy groups -OCH3 is 1. The van der Waals surface area contributed by atoms with Crippen LogP contribution in [0.4, 0.5) is 0 Å². The monoisotopic (exact) mass is 291 g/mol. The van der Waals surface area contributed by atoms with Gasteiger partial charge in [0.1, 0.15) is 5.75 Å². The molecule has 1 saturated carbocycles. The minimum atomic E-state index is -0.0227. The summed E-state index contributed by atoms with van der Waals surface area (Å²) in [5.74, 6) is 0.879. The van der Waals surface area contributed by atoms with Gasteiger partial charge in [0.15, 0.2) is 0 Å². The van der Waals surface area contributed by atoms with Crippen LogP contribution >= 0.6 is 0 Å². The SMILES string of the molecule is COc1ccccc1C(N)CN(C)CC1(N(C)C)CCC1. The number of para-hydroxylation sites is 1. The van der Waals surface area contributed by atoms with Gasteiger partial charge in [0.05, 0.1) is 7.11 Å². The fraction of sp³-hybridized carbons (Fsp3) is 0.647. The summed E-state index contributed by atoms with van der Waals surface area (Å²) < 4.78 is 5.41. The molecular formula is C17H29N3O. The molecule has 0 radical (unpaired) electrons. The molecule has 2 N–H and O–H groups in total. The Balaban J connectivity index is 1.97. The van der Waals surface area contributed by atoms with E-state index in [2.05, 4.69) is 37.0 Å². The van der Waals surface area contributed by atoms with E-state index in [0.717, 1.165) is 24.4 Å². The van der Waals surface area contributed by atoms with E-state index < -0.39 is 0 Å². The second kappa shape index (κ2) is 6.77. The largest absolute Gasteiger partial charge is 0.496 e. The first-order chi connectivity index (χ1) is 9.98. The van der Waals surface area contributed by atoms with Gasteiger partial charge in [0.25, 0.3) is 0 Å². The van der Waals surface area contributed by atoms with Crippen molar-refractivity contribution in [1.29, 1.82) is 0 Å². The molecule has 4 nitrogen and oxygen atoms in total. The van der Waals surface area contributed by atoms with E-state index in [1.165, 1.54) is 19.3 Å². The van der Waals surface area contributed by atoms with Gasteiger partial charge in [0.2, 0.25) is 0 Å². The first-order valence-electron chi connectivity index (χ1n) is 7.73. The highest BCUT2D eigenvalue weighted by Crippen LogP contribution is 2.37. The van der Waals surface area contributed by atoms with Crippen LogP contribution in [0.3, 0.4) is 0 Å². The standard InChI is InChI=1S/C17H29N3O/c1-19(2)17(10-7-11-17)13-20(3)12-15(18)14-8-5-6-9-16(14)21-4/h5-6,8-9,15H,7,10-13,18H2,1-4H3. The molecule has 1 unspecified atom stereocenters. The summed E-state index contributed by atoms with van der Waals surface area (Å²) in [4.78, 5) is 4.73. The number of benzene rings is 1. The Morgan fingerprint density at radius 2 is 1.90 bits per heavy atom. The van der Waals surface area contributed by atoms with Crippen molar-refractivity contribution in [2.24, 2.45) is 5.73 Å². The fourth-order valence-electron chi connectivity index (χ4n) is 3.31. The van der Waals surface area contributed by atoms with E-state index in [0.29, 0.717) is 5.54 Å². The zero-order valence-corrected chi connectivity index (χ0v) is 13.8. The molecule has 118 valence electrons. The van der Waals surface area contributed by atoms with Gasteiger partial charge in [-0.3, -0.25) is 0 Å². The van der Waals surface area contributed by atoms with Gasteiger partial charge in [-0.05, 0) is 46.5 Å². The highest BCUT2D eigenvalue weighted by molar-refractivity contribution is 5.35. The molecule has 0 spiro atoms. The molecule has 1 aliphatic rings. The van der Waals surface area contributed by atoms with Crippen molar-refractivity contribution in [2.75, 3.05) is 41.3 Å². The zero-order chi connectivity index (χ0) is 15.5. The van der Waals surface area contributed by atoms with Gasteiger partial charge in [-0.1, -0.05) is 18.2 Å². The van der Waals surface area contributed by atoms with Crippen molar-refractivity contribution in [3.05, 3.63) is 29.8 Å². The first-order valence-corrected chi connectivity index (χ1v) is 7.73. The number of hydrogen-bond acceptors (Lipinski definition) is 4. The van der Waals surface area contributed by atoms with Crippen LogP contribution in [0.25, 0.3) is 0 Å². The Bertz CT molecular complexity index is 457. The number of ether oxygens (including phenoxy) is 1. The molecule has 0 saturated heterocycles. The lowest BCUT2D eigenvalue weighted by molar-refractivity contribution is 0.0265. The van der Waals surface area contributed by atoms with Crippen LogP contribution in [-0.2, 0) is 0 Å². The van der Waals surface area contributed by atoms with Gasteiger partial charge in [-0.25, -0.2) is 0 Å². The third-order valence-corrected chi connectivity index (χ3v) is 4.84. The van der Waals surface area contributed by atoms with E-state index in [9.17, 15) is 0 Å². The number of nitrogens with zero attached hydrogens (tertiary/aromatic N) is 2. The summed E-state index contributed by atoms with van der Waals surface area (Å²) in [6.45, 7) is 1.92. The first kappa shape index (κ1) is 16.3. The van der Waals surface area contributed by atoms with E-state index in [1.807, 2.05) is 18.2 Å². The second-order valence-electron chi connectivity index (χ2n) is 6.52. The molecule has 0 heterocycles. The smallest absolute Gasteiger partial charge is 0.123 e. The molecule has 0 aliphatic heterocycles. The van der Waals surface area contributed by atoms with Crippen LogP contribution in [0.1, 0.15) is 30.9 Å². The number of likely N-dealkylation sites (N-methyl/N-ethyl adjacent to an activating group) is 2. The quantitative estimate of drug-likeness (QED) is 0.835. The molecule has 0 bridgehead atoms. The average molecular weight is 291 g/mol. The summed E-state index contributed by atoms with van der Waals surface area (Å²) in [6.07, 6.45) is 3.91. The van der Waals surface area contributed by atoms with Crippen molar-refractivity contribution in [1.82, 2.24) is 9.80 Å². The molecule has 1 atom stereocenters. The van der Waals surface area contributed by atoms with Crippen LogP contribution in [-0.4, -0.2) is 56.7 Å². The molecule has 0 amide bonds. The topological polar surface area (TPSA) is 41.7 Å². The lowest BCUT2D eigenvalue weighted by Crippen LogP contribution is -2.57. The molecule has 0 aromatic heterocycles. The summed E-state index contributed by atoms with van der Waals surface area (Å²) in [6, 6.07) is 8.01. The number of hydrogen-bond donors (Lipinski definition) is 1. The Labute approximate surface area is 128 Å². The van der Waals surface area contributed by atoms with Crippen molar-refractivity contribution in [3.63, 3.8) is 0 Å². The Morgan fingerprint density at radius 1 is 1.24 bits per heavy atom. The second-order valence-corrected chi connectivity index (χ2v) is 6.52. The van der Waals surface area contributed by atoms with E-state index in [4.69, 9.17) is 10.5 Å². The average Bonchev–Trinajstić information content (AvgIpc) is 2.42. The minimum absolute atomic E-state index is 0.0227. The van der Waals surface area contributed by atoms with Crippen molar-refractivity contribution in [3.8, 4) is 5.75 Å².